The molecule has 0 bridgehead atoms. The second-order valence-electron chi connectivity index (χ2n) is 8.30. The molecule has 0 saturated heterocycles. The van der Waals surface area contributed by atoms with Gasteiger partial charge in [0.1, 0.15) is 12.4 Å². The third kappa shape index (κ3) is 10.7. The van der Waals surface area contributed by atoms with Crippen molar-refractivity contribution in [1.82, 2.24) is 5.32 Å². The van der Waals surface area contributed by atoms with Gasteiger partial charge in [0.15, 0.2) is 0 Å². The Hall–Kier alpha value is -3.27. The zero-order chi connectivity index (χ0) is 26.5. The van der Waals surface area contributed by atoms with Crippen molar-refractivity contribution >= 4 is 28.0 Å². The fourth-order valence-electron chi connectivity index (χ4n) is 3.59. The van der Waals surface area contributed by atoms with Gasteiger partial charge in [-0.3, -0.25) is 4.55 Å². The molecule has 0 radical (unpaired) electrons. The molecule has 0 spiro atoms. The summed E-state index contributed by atoms with van der Waals surface area (Å²) in [5.41, 5.74) is 3.01. The van der Waals surface area contributed by atoms with Crippen LogP contribution in [0.2, 0.25) is 0 Å². The topological polar surface area (TPSA) is 102 Å². The largest absolute Gasteiger partial charge is 0.497 e. The number of alkyl carbamates (subject to hydrolysis) is 1. The molecule has 37 heavy (non-hydrogen) atoms. The maximum Gasteiger partial charge on any atom is 0.407 e. The van der Waals surface area contributed by atoms with Crippen LogP contribution >= 0.6 is 11.8 Å². The van der Waals surface area contributed by atoms with Gasteiger partial charge >= 0.3 is 6.09 Å². The van der Waals surface area contributed by atoms with Crippen LogP contribution < -0.4 is 10.1 Å². The van der Waals surface area contributed by atoms with E-state index in [0.29, 0.717) is 17.6 Å². The first-order valence-electron chi connectivity index (χ1n) is 11.7. The highest BCUT2D eigenvalue weighted by Crippen LogP contribution is 2.27. The van der Waals surface area contributed by atoms with Crippen LogP contribution in [0.5, 0.6) is 5.75 Å². The molecule has 9 heteroatoms. The van der Waals surface area contributed by atoms with E-state index in [-0.39, 0.29) is 11.9 Å². The van der Waals surface area contributed by atoms with Crippen molar-refractivity contribution in [3.05, 3.63) is 113 Å². The summed E-state index contributed by atoms with van der Waals surface area (Å²) in [6.45, 7) is 0.0785. The van der Waals surface area contributed by atoms with E-state index in [9.17, 15) is 17.8 Å². The Balaban J connectivity index is 1.76. The van der Waals surface area contributed by atoms with Crippen molar-refractivity contribution in [2.45, 2.75) is 36.5 Å². The van der Waals surface area contributed by atoms with Crippen molar-refractivity contribution < 1.29 is 27.2 Å². The van der Waals surface area contributed by atoms with Crippen LogP contribution in [0.25, 0.3) is 0 Å². The van der Waals surface area contributed by atoms with Gasteiger partial charge in [-0.15, -0.1) is 0 Å². The molecule has 0 unspecified atom stereocenters. The summed E-state index contributed by atoms with van der Waals surface area (Å²) in [5, 5.41) is 3.28. The number of methoxy groups -OCH3 is 1. The highest BCUT2D eigenvalue weighted by Gasteiger charge is 2.23. The van der Waals surface area contributed by atoms with Crippen molar-refractivity contribution in [2.75, 3.05) is 7.11 Å². The van der Waals surface area contributed by atoms with Crippen LogP contribution in [-0.4, -0.2) is 37.5 Å². The van der Waals surface area contributed by atoms with Crippen LogP contribution in [-0.2, 0) is 33.6 Å². The van der Waals surface area contributed by atoms with E-state index >= 15 is 0 Å². The van der Waals surface area contributed by atoms with Crippen molar-refractivity contribution in [3.8, 4) is 5.75 Å². The number of hydrogen-bond acceptors (Lipinski definition) is 6. The van der Waals surface area contributed by atoms with Gasteiger partial charge < -0.3 is 14.8 Å². The molecule has 1 amide bonds. The van der Waals surface area contributed by atoms with E-state index in [4.69, 9.17) is 9.47 Å². The zero-order valence-corrected chi connectivity index (χ0v) is 22.2. The third-order valence-electron chi connectivity index (χ3n) is 5.54. The Bertz CT molecular complexity index is 1230. The monoisotopic (exact) mass is 541 g/mol. The van der Waals surface area contributed by atoms with Gasteiger partial charge in [-0.1, -0.05) is 72.8 Å². The molecule has 2 N–H and O–H groups in total. The van der Waals surface area contributed by atoms with Crippen LogP contribution in [0.4, 0.5) is 4.79 Å². The zero-order valence-electron chi connectivity index (χ0n) is 20.5. The minimum atomic E-state index is -4.38. The van der Waals surface area contributed by atoms with E-state index < -0.39 is 22.3 Å². The minimum absolute atomic E-state index is 0.0785. The summed E-state index contributed by atoms with van der Waals surface area (Å²) in [4.78, 5) is 12.7. The Morgan fingerprint density at radius 3 is 2.16 bits per heavy atom. The molecule has 3 aromatic rings. The normalized spacial score (nSPS) is 13.1. The van der Waals surface area contributed by atoms with Crippen molar-refractivity contribution in [3.63, 3.8) is 0 Å². The Morgan fingerprint density at radius 2 is 1.57 bits per heavy atom. The molecule has 2 atom stereocenters. The van der Waals surface area contributed by atoms with Gasteiger partial charge in [0, 0.05) is 11.0 Å². The minimum Gasteiger partial charge on any atom is -0.497 e. The quantitative estimate of drug-likeness (QED) is 0.271. The number of thioether (sulfide) groups is 1. The summed E-state index contributed by atoms with van der Waals surface area (Å²) >= 11 is 1.58. The Labute approximate surface area is 222 Å². The number of ether oxygens (including phenoxy) is 2. The first-order valence-corrected chi connectivity index (χ1v) is 14.3. The predicted molar refractivity (Wildman–Crippen MR) is 147 cm³/mol. The second kappa shape index (κ2) is 14.5. The molecule has 7 nitrogen and oxygen atoms in total. The van der Waals surface area contributed by atoms with Crippen molar-refractivity contribution in [2.24, 2.45) is 0 Å². The lowest BCUT2D eigenvalue weighted by atomic mass is 10.0. The lowest BCUT2D eigenvalue weighted by molar-refractivity contribution is 0.137. The van der Waals surface area contributed by atoms with Crippen molar-refractivity contribution in [1.29, 1.82) is 0 Å². The molecule has 0 aliphatic heterocycles. The number of rotatable bonds is 13. The fraction of sp³-hybridized carbons (Fsp3) is 0.250. The lowest BCUT2D eigenvalue weighted by Crippen LogP contribution is -2.41. The van der Waals surface area contributed by atoms with Crippen LogP contribution in [0.1, 0.15) is 23.1 Å². The van der Waals surface area contributed by atoms with Gasteiger partial charge in [-0.2, -0.15) is 20.2 Å². The molecule has 3 rings (SSSR count). The van der Waals surface area contributed by atoms with Crippen LogP contribution in [0.15, 0.2) is 96.4 Å². The first-order chi connectivity index (χ1) is 17.8. The van der Waals surface area contributed by atoms with Gasteiger partial charge in [0.05, 0.1) is 18.6 Å². The second-order valence-corrected chi connectivity index (χ2v) is 10.8. The molecule has 0 heterocycles. The van der Waals surface area contributed by atoms with Gasteiger partial charge in [-0.05, 0) is 47.7 Å². The molecule has 3 aromatic carbocycles. The summed E-state index contributed by atoms with van der Waals surface area (Å²) in [5.74, 6) is 1.38. The van der Waals surface area contributed by atoms with Crippen LogP contribution in [0.3, 0.4) is 0 Å². The number of amides is 1. The maximum absolute atomic E-state index is 12.7. The highest BCUT2D eigenvalue weighted by atomic mass is 32.2. The molecule has 0 aliphatic carbocycles. The van der Waals surface area contributed by atoms with E-state index in [1.54, 1.807) is 18.9 Å². The average molecular weight is 542 g/mol. The SMILES string of the molecule is COc1ccc(CS[C@@H](CCc2ccccc2)[C@@H](/C=C/S(=O)(=O)O)NC(=O)OCc2ccccc2)cc1. The molecule has 0 aromatic heterocycles. The average Bonchev–Trinajstić information content (AvgIpc) is 2.91. The predicted octanol–water partition coefficient (Wildman–Crippen LogP) is 5.63. The highest BCUT2D eigenvalue weighted by molar-refractivity contribution is 7.99. The number of nitrogens with one attached hydrogen (secondary N) is 1. The molecule has 196 valence electrons. The number of carbonyl (C=O) groups is 1. The molecular weight excluding hydrogens is 510 g/mol. The molecular formula is C28H31NO6S2. The Kier molecular flexibility index (Phi) is 11.1. The third-order valence-corrected chi connectivity index (χ3v) is 7.50. The first kappa shape index (κ1) is 28.3. The number of hydrogen-bond donors (Lipinski definition) is 2. The van der Waals surface area contributed by atoms with Gasteiger partial charge in [0.2, 0.25) is 0 Å². The van der Waals surface area contributed by atoms with E-state index in [0.717, 1.165) is 28.9 Å². The van der Waals surface area contributed by atoms with E-state index in [1.807, 2.05) is 84.9 Å². The molecule has 0 aliphatic rings. The summed E-state index contributed by atoms with van der Waals surface area (Å²) in [6, 6.07) is 26.2. The standard InChI is InChI=1S/C28H31NO6S2/c1-34-25-15-12-24(13-16-25)21-36-27(17-14-22-8-4-2-5-9-22)26(18-19-37(31,32)33)29-28(30)35-20-23-10-6-3-7-11-23/h2-13,15-16,18-19,26-27H,14,17,20-21H2,1H3,(H,29,30)(H,31,32,33)/b19-18+/t26-,27+/m1/s1. The molecule has 0 fully saturated rings. The van der Waals surface area contributed by atoms with Gasteiger partial charge in [-0.25, -0.2) is 4.79 Å². The number of aryl methyl sites for hydroxylation is 1. The summed E-state index contributed by atoms with van der Waals surface area (Å²) in [6.07, 6.45) is 1.99. The number of carbonyl (C=O) groups excluding carboxylic acids is 1. The van der Waals surface area contributed by atoms with E-state index in [2.05, 4.69) is 5.32 Å². The summed E-state index contributed by atoms with van der Waals surface area (Å²) < 4.78 is 42.9. The number of benzene rings is 3. The lowest BCUT2D eigenvalue weighted by Gasteiger charge is -2.25. The molecule has 0 saturated carbocycles. The maximum atomic E-state index is 12.7. The van der Waals surface area contributed by atoms with Crippen LogP contribution in [0, 0.1) is 0 Å². The van der Waals surface area contributed by atoms with Gasteiger partial charge in [0.25, 0.3) is 10.1 Å². The smallest absolute Gasteiger partial charge is 0.407 e. The summed E-state index contributed by atoms with van der Waals surface area (Å²) in [7, 11) is -2.77. The fourth-order valence-corrected chi connectivity index (χ4v) is 5.21. The Morgan fingerprint density at radius 1 is 0.946 bits per heavy atom. The van der Waals surface area contributed by atoms with E-state index in [1.165, 1.54) is 6.08 Å².